The summed E-state index contributed by atoms with van der Waals surface area (Å²) >= 11 is 0. The fraction of sp³-hybridized carbons (Fsp3) is 0.417. The molecular weight excluding hydrogens is 404 g/mol. The van der Waals surface area contributed by atoms with E-state index >= 15 is 0 Å². The summed E-state index contributed by atoms with van der Waals surface area (Å²) in [5.41, 5.74) is 2.48. The topological polar surface area (TPSA) is 74.6 Å². The van der Waals surface area contributed by atoms with E-state index in [1.807, 2.05) is 43.6 Å². The van der Waals surface area contributed by atoms with Gasteiger partial charge in [-0.2, -0.15) is 5.10 Å². The number of urea groups is 1. The van der Waals surface area contributed by atoms with Crippen molar-refractivity contribution in [3.8, 4) is 0 Å². The number of fused-ring (bicyclic) bond motifs is 1. The molecule has 0 aliphatic carbocycles. The molecule has 166 valence electrons. The SMILES string of the molecule is O=C(c1cnc2c(cnn2Cc2ccccc2)c1)N1CCN(C(=O)N2CCCCC2)CC1. The van der Waals surface area contributed by atoms with Gasteiger partial charge in [-0.05, 0) is 30.9 Å². The molecule has 1 aromatic carbocycles. The number of benzene rings is 1. The zero-order chi connectivity index (χ0) is 21.9. The Morgan fingerprint density at radius 1 is 0.812 bits per heavy atom. The Balaban J connectivity index is 1.23. The zero-order valence-corrected chi connectivity index (χ0v) is 18.2. The van der Waals surface area contributed by atoms with Gasteiger partial charge in [0.1, 0.15) is 0 Å². The first kappa shape index (κ1) is 20.5. The molecule has 0 radical (unpaired) electrons. The van der Waals surface area contributed by atoms with Crippen LogP contribution in [0.5, 0.6) is 0 Å². The Morgan fingerprint density at radius 3 is 2.25 bits per heavy atom. The summed E-state index contributed by atoms with van der Waals surface area (Å²) in [5, 5.41) is 5.31. The zero-order valence-electron chi connectivity index (χ0n) is 18.2. The number of piperazine rings is 1. The van der Waals surface area contributed by atoms with Gasteiger partial charge in [-0.15, -0.1) is 0 Å². The Morgan fingerprint density at radius 2 is 1.50 bits per heavy atom. The van der Waals surface area contributed by atoms with E-state index in [0.29, 0.717) is 38.3 Å². The average Bonchev–Trinajstić information content (AvgIpc) is 3.26. The molecule has 5 rings (SSSR count). The summed E-state index contributed by atoms with van der Waals surface area (Å²) in [6, 6.07) is 12.1. The van der Waals surface area contributed by atoms with E-state index < -0.39 is 0 Å². The fourth-order valence-electron chi connectivity index (χ4n) is 4.53. The molecule has 0 N–H and O–H groups in total. The lowest BCUT2D eigenvalue weighted by molar-refractivity contribution is 0.0632. The molecule has 2 aliphatic rings. The maximum absolute atomic E-state index is 13.1. The first-order valence-corrected chi connectivity index (χ1v) is 11.4. The fourth-order valence-corrected chi connectivity index (χ4v) is 4.53. The van der Waals surface area contributed by atoms with Crippen molar-refractivity contribution < 1.29 is 9.59 Å². The lowest BCUT2D eigenvalue weighted by Crippen LogP contribution is -2.54. The maximum atomic E-state index is 13.1. The monoisotopic (exact) mass is 432 g/mol. The van der Waals surface area contributed by atoms with Gasteiger partial charge in [0.2, 0.25) is 0 Å². The summed E-state index contributed by atoms with van der Waals surface area (Å²) in [6.07, 6.45) is 6.77. The third-order valence-corrected chi connectivity index (χ3v) is 6.36. The number of pyridine rings is 1. The minimum absolute atomic E-state index is 0.0414. The van der Waals surface area contributed by atoms with Crippen LogP contribution in [0.25, 0.3) is 11.0 Å². The van der Waals surface area contributed by atoms with Crippen molar-refractivity contribution in [3.63, 3.8) is 0 Å². The van der Waals surface area contributed by atoms with Gasteiger partial charge in [0, 0.05) is 50.9 Å². The molecule has 0 saturated carbocycles. The first-order chi connectivity index (χ1) is 15.7. The maximum Gasteiger partial charge on any atom is 0.320 e. The molecule has 4 heterocycles. The molecule has 2 saturated heterocycles. The minimum atomic E-state index is -0.0414. The van der Waals surface area contributed by atoms with Crippen molar-refractivity contribution >= 4 is 23.0 Å². The Kier molecular flexibility index (Phi) is 5.75. The third kappa shape index (κ3) is 4.17. The number of hydrogen-bond acceptors (Lipinski definition) is 4. The quantitative estimate of drug-likeness (QED) is 0.638. The molecule has 8 nitrogen and oxygen atoms in total. The van der Waals surface area contributed by atoms with Crippen molar-refractivity contribution in [2.24, 2.45) is 0 Å². The summed E-state index contributed by atoms with van der Waals surface area (Å²) in [5.74, 6) is -0.0414. The van der Waals surface area contributed by atoms with E-state index in [9.17, 15) is 9.59 Å². The summed E-state index contributed by atoms with van der Waals surface area (Å²) in [4.78, 5) is 36.0. The Hall–Kier alpha value is -3.42. The van der Waals surface area contributed by atoms with Gasteiger partial charge in [0.15, 0.2) is 5.65 Å². The molecule has 0 bridgehead atoms. The number of piperidine rings is 1. The normalized spacial score (nSPS) is 17.1. The van der Waals surface area contributed by atoms with Crippen LogP contribution in [0.2, 0.25) is 0 Å². The van der Waals surface area contributed by atoms with Crippen LogP contribution in [0.1, 0.15) is 35.2 Å². The summed E-state index contributed by atoms with van der Waals surface area (Å²) in [6.45, 7) is 4.58. The third-order valence-electron chi connectivity index (χ3n) is 6.36. The van der Waals surface area contributed by atoms with Crippen molar-refractivity contribution in [2.75, 3.05) is 39.3 Å². The van der Waals surface area contributed by atoms with Crippen LogP contribution in [0.3, 0.4) is 0 Å². The van der Waals surface area contributed by atoms with Gasteiger partial charge in [-0.25, -0.2) is 14.5 Å². The van der Waals surface area contributed by atoms with Gasteiger partial charge in [-0.3, -0.25) is 4.79 Å². The van der Waals surface area contributed by atoms with Crippen molar-refractivity contribution in [3.05, 3.63) is 59.9 Å². The highest BCUT2D eigenvalue weighted by molar-refractivity contribution is 5.97. The highest BCUT2D eigenvalue weighted by Crippen LogP contribution is 2.18. The molecule has 3 aromatic rings. The van der Waals surface area contributed by atoms with Gasteiger partial charge in [-0.1, -0.05) is 30.3 Å². The number of rotatable bonds is 3. The number of hydrogen-bond donors (Lipinski definition) is 0. The van der Waals surface area contributed by atoms with E-state index in [-0.39, 0.29) is 11.9 Å². The molecule has 2 aromatic heterocycles. The van der Waals surface area contributed by atoms with Gasteiger partial charge in [0.25, 0.3) is 5.91 Å². The molecule has 0 unspecified atom stereocenters. The van der Waals surface area contributed by atoms with Crippen LogP contribution in [0, 0.1) is 0 Å². The van der Waals surface area contributed by atoms with Crippen LogP contribution >= 0.6 is 0 Å². The second-order valence-electron chi connectivity index (χ2n) is 8.53. The lowest BCUT2D eigenvalue weighted by atomic mass is 10.1. The second-order valence-corrected chi connectivity index (χ2v) is 8.53. The van der Waals surface area contributed by atoms with Crippen LogP contribution in [-0.2, 0) is 6.54 Å². The largest absolute Gasteiger partial charge is 0.335 e. The molecule has 2 fully saturated rings. The van der Waals surface area contributed by atoms with Crippen LogP contribution in [0.15, 0.2) is 48.8 Å². The number of carbonyl (C=O) groups excluding carboxylic acids is 2. The van der Waals surface area contributed by atoms with E-state index in [1.54, 1.807) is 12.4 Å². The van der Waals surface area contributed by atoms with E-state index in [4.69, 9.17) is 0 Å². The minimum Gasteiger partial charge on any atom is -0.335 e. The van der Waals surface area contributed by atoms with Crippen LogP contribution in [0.4, 0.5) is 4.79 Å². The van der Waals surface area contributed by atoms with Gasteiger partial charge >= 0.3 is 6.03 Å². The average molecular weight is 433 g/mol. The Labute approximate surface area is 187 Å². The van der Waals surface area contributed by atoms with Crippen molar-refractivity contribution in [1.82, 2.24) is 29.5 Å². The smallest absolute Gasteiger partial charge is 0.320 e. The number of aromatic nitrogens is 3. The highest BCUT2D eigenvalue weighted by Gasteiger charge is 2.28. The van der Waals surface area contributed by atoms with E-state index in [1.165, 1.54) is 6.42 Å². The predicted octanol–water partition coefficient (Wildman–Crippen LogP) is 2.84. The second kappa shape index (κ2) is 8.98. The standard InChI is InChI=1S/C24H28N6O2/c31-23(27-11-13-29(14-12-27)24(32)28-9-5-2-6-10-28)21-15-20-17-26-30(22(20)25-16-21)18-19-7-3-1-4-8-19/h1,3-4,7-8,15-17H,2,5-6,9-14,18H2. The molecule has 0 spiro atoms. The number of likely N-dealkylation sites (tertiary alicyclic amines) is 1. The molecule has 0 atom stereocenters. The first-order valence-electron chi connectivity index (χ1n) is 11.4. The van der Waals surface area contributed by atoms with E-state index in [0.717, 1.165) is 42.5 Å². The van der Waals surface area contributed by atoms with Crippen molar-refractivity contribution in [1.29, 1.82) is 0 Å². The van der Waals surface area contributed by atoms with Crippen LogP contribution < -0.4 is 0 Å². The van der Waals surface area contributed by atoms with Gasteiger partial charge in [0.05, 0.1) is 18.3 Å². The molecule has 3 amide bonds. The lowest BCUT2D eigenvalue weighted by Gasteiger charge is -2.38. The molecule has 8 heteroatoms. The van der Waals surface area contributed by atoms with Gasteiger partial charge < -0.3 is 14.7 Å². The number of nitrogens with zero attached hydrogens (tertiary/aromatic N) is 6. The van der Waals surface area contributed by atoms with Crippen molar-refractivity contribution in [2.45, 2.75) is 25.8 Å². The molecule has 32 heavy (non-hydrogen) atoms. The molecular formula is C24H28N6O2. The van der Waals surface area contributed by atoms with Crippen LogP contribution in [-0.4, -0.2) is 80.7 Å². The number of carbonyl (C=O) groups is 2. The summed E-state index contributed by atoms with van der Waals surface area (Å²) in [7, 11) is 0. The molecule has 2 aliphatic heterocycles. The number of amides is 3. The predicted molar refractivity (Wildman–Crippen MR) is 121 cm³/mol. The highest BCUT2D eigenvalue weighted by atomic mass is 16.2. The van der Waals surface area contributed by atoms with E-state index in [2.05, 4.69) is 22.2 Å². The Bertz CT molecular complexity index is 1100. The summed E-state index contributed by atoms with van der Waals surface area (Å²) < 4.78 is 1.85.